The Bertz CT molecular complexity index is 2730. The Hall–Kier alpha value is -7.27. The number of hydrogen-bond acceptors (Lipinski definition) is 7. The molecule has 9 rings (SSSR count). The largest absolute Gasteiger partial charge is 0.436 e. The summed E-state index contributed by atoms with van der Waals surface area (Å²) in [5.74, 6) is 0.706. The fourth-order valence-electron chi connectivity index (χ4n) is 7.41. The molecule has 0 atom stereocenters. The third kappa shape index (κ3) is 4.56. The lowest BCUT2D eigenvalue weighted by atomic mass is 9.80. The van der Waals surface area contributed by atoms with Crippen LogP contribution in [0.2, 0.25) is 0 Å². The van der Waals surface area contributed by atoms with Gasteiger partial charge in [-0.15, -0.1) is 0 Å². The van der Waals surface area contributed by atoms with Crippen molar-refractivity contribution in [1.82, 2.24) is 9.97 Å². The molecule has 238 valence electrons. The molecule has 51 heavy (non-hydrogen) atoms. The number of oxazole rings is 2. The van der Waals surface area contributed by atoms with Crippen molar-refractivity contribution in [2.75, 3.05) is 0 Å². The van der Waals surface area contributed by atoms with E-state index in [0.29, 0.717) is 61.8 Å². The van der Waals surface area contributed by atoms with Gasteiger partial charge in [-0.05, 0) is 88.0 Å². The number of fused-ring (bicyclic) bond motifs is 5. The molecule has 0 spiro atoms. The quantitative estimate of drug-likeness (QED) is 0.185. The van der Waals surface area contributed by atoms with Crippen LogP contribution in [-0.4, -0.2) is 9.97 Å². The van der Waals surface area contributed by atoms with Crippen molar-refractivity contribution in [3.8, 4) is 74.5 Å². The van der Waals surface area contributed by atoms with E-state index in [4.69, 9.17) is 18.8 Å². The standard InChI is InChI=1S/C44H25N5O2/c1-44(2)35-10-4-3-9-30(35)31-16-15-25(21-36(31)44)32-20-29(22-45)41(34(24-47)33(32)23-46)26-17-27(42-48-37-11-5-7-13-39(37)50-42)19-28(18-26)43-49-38-12-6-8-14-40(38)51-43/h3-21H,1-2H3. The second kappa shape index (κ2) is 11.1. The highest BCUT2D eigenvalue weighted by Crippen LogP contribution is 2.50. The van der Waals surface area contributed by atoms with Crippen molar-refractivity contribution in [3.05, 3.63) is 143 Å². The van der Waals surface area contributed by atoms with Crippen LogP contribution in [0, 0.1) is 34.0 Å². The predicted molar refractivity (Wildman–Crippen MR) is 195 cm³/mol. The van der Waals surface area contributed by atoms with Gasteiger partial charge in [0.25, 0.3) is 0 Å². The lowest BCUT2D eigenvalue weighted by Crippen LogP contribution is -2.15. The summed E-state index contributed by atoms with van der Waals surface area (Å²) in [6.45, 7) is 4.38. The van der Waals surface area contributed by atoms with Gasteiger partial charge in [-0.1, -0.05) is 74.5 Å². The number of benzene rings is 6. The van der Waals surface area contributed by atoms with Crippen molar-refractivity contribution in [1.29, 1.82) is 15.8 Å². The molecule has 8 aromatic rings. The first-order valence-electron chi connectivity index (χ1n) is 16.4. The van der Waals surface area contributed by atoms with Crippen LogP contribution in [0.5, 0.6) is 0 Å². The molecular formula is C44H25N5O2. The average Bonchev–Trinajstić information content (AvgIpc) is 3.87. The number of hydrogen-bond donors (Lipinski definition) is 0. The highest BCUT2D eigenvalue weighted by molar-refractivity contribution is 5.91. The SMILES string of the molecule is CC1(C)c2ccccc2-c2ccc(-c3cc(C#N)c(-c4cc(-c5nc6ccccc6o5)cc(-c5nc6ccccc6o5)c4)c(C#N)c3C#N)cc21. The minimum Gasteiger partial charge on any atom is -0.436 e. The van der Waals surface area contributed by atoms with Crippen LogP contribution >= 0.6 is 0 Å². The van der Waals surface area contributed by atoms with Crippen LogP contribution in [-0.2, 0) is 5.41 Å². The zero-order valence-corrected chi connectivity index (χ0v) is 27.5. The van der Waals surface area contributed by atoms with Crippen molar-refractivity contribution in [2.45, 2.75) is 19.3 Å². The number of nitrogens with zero attached hydrogens (tertiary/aromatic N) is 5. The van der Waals surface area contributed by atoms with Crippen LogP contribution < -0.4 is 0 Å². The molecule has 0 aliphatic heterocycles. The van der Waals surface area contributed by atoms with Crippen molar-refractivity contribution in [2.24, 2.45) is 0 Å². The molecule has 0 bridgehead atoms. The van der Waals surface area contributed by atoms with Gasteiger partial charge in [0, 0.05) is 27.7 Å². The van der Waals surface area contributed by atoms with Gasteiger partial charge >= 0.3 is 0 Å². The van der Waals surface area contributed by atoms with Crippen LogP contribution in [0.4, 0.5) is 0 Å². The lowest BCUT2D eigenvalue weighted by Gasteiger charge is -2.22. The summed E-state index contributed by atoms with van der Waals surface area (Å²) in [4.78, 5) is 9.45. The minimum absolute atomic E-state index is 0.104. The van der Waals surface area contributed by atoms with Gasteiger partial charge in [0.2, 0.25) is 11.8 Å². The Labute approximate surface area is 292 Å². The summed E-state index contributed by atoms with van der Waals surface area (Å²) in [6.07, 6.45) is 0. The molecule has 2 heterocycles. The van der Waals surface area contributed by atoms with Gasteiger partial charge < -0.3 is 8.83 Å². The van der Waals surface area contributed by atoms with Crippen LogP contribution in [0.15, 0.2) is 124 Å². The first-order valence-corrected chi connectivity index (χ1v) is 16.4. The third-order valence-corrected chi connectivity index (χ3v) is 9.87. The predicted octanol–water partition coefficient (Wildman–Crippen LogP) is 10.6. The molecule has 0 N–H and O–H groups in total. The van der Waals surface area contributed by atoms with Crippen LogP contribution in [0.1, 0.15) is 41.7 Å². The van der Waals surface area contributed by atoms with E-state index in [1.165, 1.54) is 11.1 Å². The van der Waals surface area contributed by atoms with Crippen molar-refractivity contribution in [3.63, 3.8) is 0 Å². The molecule has 0 saturated carbocycles. The summed E-state index contributed by atoms with van der Waals surface area (Å²) in [5, 5.41) is 32.0. The van der Waals surface area contributed by atoms with Gasteiger partial charge in [0.05, 0.1) is 22.8 Å². The zero-order valence-electron chi connectivity index (χ0n) is 27.5. The van der Waals surface area contributed by atoms with E-state index in [2.05, 4.69) is 56.3 Å². The molecule has 2 aromatic heterocycles. The Kier molecular flexibility index (Phi) is 6.52. The van der Waals surface area contributed by atoms with Gasteiger partial charge in [-0.25, -0.2) is 9.97 Å². The monoisotopic (exact) mass is 655 g/mol. The fraction of sp³-hybridized carbons (Fsp3) is 0.0682. The Morgan fingerprint density at radius 2 is 1.08 bits per heavy atom. The maximum Gasteiger partial charge on any atom is 0.227 e. The second-order valence-electron chi connectivity index (χ2n) is 13.1. The van der Waals surface area contributed by atoms with E-state index in [1.54, 1.807) is 6.07 Å². The number of para-hydroxylation sites is 4. The van der Waals surface area contributed by atoms with E-state index >= 15 is 0 Å². The van der Waals surface area contributed by atoms with E-state index in [9.17, 15) is 15.8 Å². The molecule has 0 radical (unpaired) electrons. The lowest BCUT2D eigenvalue weighted by molar-refractivity contribution is 0.617. The Morgan fingerprint density at radius 1 is 0.510 bits per heavy atom. The summed E-state index contributed by atoms with van der Waals surface area (Å²) in [7, 11) is 0. The molecule has 6 aromatic carbocycles. The van der Waals surface area contributed by atoms with Crippen molar-refractivity contribution < 1.29 is 8.83 Å². The zero-order chi connectivity index (χ0) is 34.9. The molecule has 1 aliphatic carbocycles. The number of rotatable bonds is 4. The number of aromatic nitrogens is 2. The molecule has 0 amide bonds. The molecule has 0 saturated heterocycles. The summed E-state index contributed by atoms with van der Waals surface area (Å²) in [6, 6.07) is 43.6. The maximum absolute atomic E-state index is 10.7. The summed E-state index contributed by atoms with van der Waals surface area (Å²) in [5.41, 5.74) is 10.9. The van der Waals surface area contributed by atoms with Gasteiger partial charge in [-0.2, -0.15) is 15.8 Å². The highest BCUT2D eigenvalue weighted by atomic mass is 16.4. The van der Waals surface area contributed by atoms with E-state index in [-0.39, 0.29) is 22.1 Å². The van der Waals surface area contributed by atoms with E-state index in [1.807, 2.05) is 84.9 Å². The first-order chi connectivity index (χ1) is 24.9. The Balaban J connectivity index is 1.27. The van der Waals surface area contributed by atoms with Crippen LogP contribution in [0.25, 0.3) is 78.5 Å². The first kappa shape index (κ1) is 29.8. The average molecular weight is 656 g/mol. The third-order valence-electron chi connectivity index (χ3n) is 9.87. The second-order valence-corrected chi connectivity index (χ2v) is 13.1. The van der Waals surface area contributed by atoms with Crippen molar-refractivity contribution >= 4 is 22.2 Å². The van der Waals surface area contributed by atoms with E-state index in [0.717, 1.165) is 16.7 Å². The normalized spacial score (nSPS) is 12.6. The van der Waals surface area contributed by atoms with Gasteiger partial charge in [0.1, 0.15) is 23.2 Å². The maximum atomic E-state index is 10.7. The van der Waals surface area contributed by atoms with Gasteiger partial charge in [0.15, 0.2) is 11.2 Å². The Morgan fingerprint density at radius 3 is 1.69 bits per heavy atom. The topological polar surface area (TPSA) is 123 Å². The summed E-state index contributed by atoms with van der Waals surface area (Å²) < 4.78 is 12.3. The smallest absolute Gasteiger partial charge is 0.227 e. The summed E-state index contributed by atoms with van der Waals surface area (Å²) >= 11 is 0. The molecule has 7 nitrogen and oxygen atoms in total. The molecular weight excluding hydrogens is 631 g/mol. The molecule has 0 fully saturated rings. The molecule has 0 unspecified atom stereocenters. The minimum atomic E-state index is -0.267. The fourth-order valence-corrected chi connectivity index (χ4v) is 7.41. The highest BCUT2D eigenvalue weighted by Gasteiger charge is 2.35. The van der Waals surface area contributed by atoms with E-state index < -0.39 is 0 Å². The van der Waals surface area contributed by atoms with Crippen LogP contribution in [0.3, 0.4) is 0 Å². The molecule has 7 heteroatoms. The van der Waals surface area contributed by atoms with Gasteiger partial charge in [-0.3, -0.25) is 0 Å². The number of nitriles is 3. The molecule has 1 aliphatic rings.